The summed E-state index contributed by atoms with van der Waals surface area (Å²) in [6.07, 6.45) is -0.453. The molecule has 0 spiro atoms. The third kappa shape index (κ3) is 4.48. The summed E-state index contributed by atoms with van der Waals surface area (Å²) in [5.74, 6) is -0.229. The summed E-state index contributed by atoms with van der Waals surface area (Å²) in [5.41, 5.74) is 0.359. The Morgan fingerprint density at radius 3 is 2.27 bits per heavy atom. The van der Waals surface area contributed by atoms with Crippen LogP contribution >= 0.6 is 12.4 Å². The number of rotatable bonds is 3. The highest BCUT2D eigenvalue weighted by atomic mass is 35.5. The van der Waals surface area contributed by atoms with Crippen molar-refractivity contribution in [2.45, 2.75) is 6.10 Å². The molecule has 1 N–H and O–H groups in total. The lowest BCUT2D eigenvalue weighted by atomic mass is 10.1. The van der Waals surface area contributed by atoms with Crippen LogP contribution < -0.4 is 5.32 Å². The first-order valence-electron chi connectivity index (χ1n) is 8.21. The number of carbonyl (C=O) groups is 2. The fourth-order valence-electron chi connectivity index (χ4n) is 2.97. The largest absolute Gasteiger partial charge is 0.366 e. The molecule has 1 atom stereocenters. The van der Waals surface area contributed by atoms with Crippen LogP contribution in [0.2, 0.25) is 0 Å². The van der Waals surface area contributed by atoms with Gasteiger partial charge in [-0.2, -0.15) is 0 Å². The van der Waals surface area contributed by atoms with E-state index in [0.29, 0.717) is 44.9 Å². The number of amides is 2. The van der Waals surface area contributed by atoms with E-state index in [1.807, 2.05) is 0 Å². The number of morpholine rings is 1. The number of carbonyl (C=O) groups excluding carboxylic acids is 2. The van der Waals surface area contributed by atoms with Gasteiger partial charge in [0.15, 0.2) is 0 Å². The van der Waals surface area contributed by atoms with Crippen LogP contribution in [0, 0.1) is 10.1 Å². The second-order valence-electron chi connectivity index (χ2n) is 5.99. The molecular weight excluding hydrogens is 364 g/mol. The van der Waals surface area contributed by atoms with E-state index >= 15 is 0 Å². The van der Waals surface area contributed by atoms with Gasteiger partial charge in [0.2, 0.25) is 0 Å². The van der Waals surface area contributed by atoms with Crippen LogP contribution in [0.25, 0.3) is 0 Å². The highest BCUT2D eigenvalue weighted by molar-refractivity contribution is 5.94. The first-order valence-corrected chi connectivity index (χ1v) is 8.21. The molecule has 1 unspecified atom stereocenters. The van der Waals surface area contributed by atoms with Crippen LogP contribution in [-0.4, -0.2) is 78.5 Å². The predicted octanol–water partition coefficient (Wildman–Crippen LogP) is 0.289. The van der Waals surface area contributed by atoms with Gasteiger partial charge >= 0.3 is 0 Å². The summed E-state index contributed by atoms with van der Waals surface area (Å²) < 4.78 is 5.48. The molecule has 0 aliphatic carbocycles. The van der Waals surface area contributed by atoms with Gasteiger partial charge in [-0.25, -0.2) is 0 Å². The summed E-state index contributed by atoms with van der Waals surface area (Å²) >= 11 is 0. The maximum Gasteiger partial charge on any atom is 0.269 e. The van der Waals surface area contributed by atoms with Crippen molar-refractivity contribution >= 4 is 29.9 Å². The van der Waals surface area contributed by atoms with Crippen molar-refractivity contribution in [3.05, 3.63) is 39.9 Å². The average Bonchev–Trinajstić information content (AvgIpc) is 2.67. The summed E-state index contributed by atoms with van der Waals surface area (Å²) in [5, 5.41) is 13.8. The minimum atomic E-state index is -0.499. The number of nitro benzene ring substituents is 1. The molecule has 0 radical (unpaired) electrons. The zero-order chi connectivity index (χ0) is 17.8. The van der Waals surface area contributed by atoms with E-state index in [2.05, 4.69) is 5.32 Å². The molecule has 2 heterocycles. The van der Waals surface area contributed by atoms with E-state index in [4.69, 9.17) is 4.74 Å². The Morgan fingerprint density at radius 1 is 1.12 bits per heavy atom. The van der Waals surface area contributed by atoms with Crippen molar-refractivity contribution in [3.8, 4) is 0 Å². The zero-order valence-corrected chi connectivity index (χ0v) is 14.9. The second-order valence-corrected chi connectivity index (χ2v) is 5.99. The molecule has 142 valence electrons. The van der Waals surface area contributed by atoms with E-state index in [-0.39, 0.29) is 29.9 Å². The van der Waals surface area contributed by atoms with Gasteiger partial charge in [-0.3, -0.25) is 19.7 Å². The topological polar surface area (TPSA) is 105 Å². The molecule has 1 aromatic carbocycles. The number of benzene rings is 1. The van der Waals surface area contributed by atoms with Crippen molar-refractivity contribution in [2.24, 2.45) is 0 Å². The molecule has 0 aromatic heterocycles. The average molecular weight is 385 g/mol. The third-order valence-corrected chi connectivity index (χ3v) is 4.41. The van der Waals surface area contributed by atoms with E-state index in [1.165, 1.54) is 24.3 Å². The maximum atomic E-state index is 12.5. The monoisotopic (exact) mass is 384 g/mol. The maximum absolute atomic E-state index is 12.5. The Kier molecular flexibility index (Phi) is 6.90. The van der Waals surface area contributed by atoms with Crippen molar-refractivity contribution in [1.29, 1.82) is 0 Å². The lowest BCUT2D eigenvalue weighted by Gasteiger charge is -2.37. The number of ether oxygens (including phenoxy) is 1. The molecule has 2 aliphatic heterocycles. The zero-order valence-electron chi connectivity index (χ0n) is 14.1. The quantitative estimate of drug-likeness (QED) is 0.593. The standard InChI is InChI=1S/C16H20N4O5.ClH/c21-15(12-1-3-13(4-2-12)20(23)24)18-6-8-19(9-7-18)16(22)14-11-17-5-10-25-14;/h1-4,14,17H,5-11H2;1H. The van der Waals surface area contributed by atoms with Crippen LogP contribution in [0.1, 0.15) is 10.4 Å². The van der Waals surface area contributed by atoms with E-state index in [0.717, 1.165) is 6.54 Å². The van der Waals surface area contributed by atoms with Gasteiger partial charge < -0.3 is 19.9 Å². The highest BCUT2D eigenvalue weighted by Gasteiger charge is 2.30. The molecule has 10 heteroatoms. The van der Waals surface area contributed by atoms with Gasteiger partial charge in [-0.05, 0) is 12.1 Å². The number of halogens is 1. The molecule has 0 bridgehead atoms. The van der Waals surface area contributed by atoms with Gasteiger partial charge in [-0.15, -0.1) is 12.4 Å². The Balaban J connectivity index is 0.00000243. The number of hydrogen-bond donors (Lipinski definition) is 1. The van der Waals surface area contributed by atoms with Crippen LogP contribution in [0.4, 0.5) is 5.69 Å². The molecule has 0 saturated carbocycles. The fraction of sp³-hybridized carbons (Fsp3) is 0.500. The molecule has 2 saturated heterocycles. The smallest absolute Gasteiger partial charge is 0.269 e. The second kappa shape index (κ2) is 8.93. The number of nitrogens with zero attached hydrogens (tertiary/aromatic N) is 3. The summed E-state index contributed by atoms with van der Waals surface area (Å²) in [7, 11) is 0. The van der Waals surface area contributed by atoms with E-state index in [1.54, 1.807) is 9.80 Å². The molecule has 26 heavy (non-hydrogen) atoms. The summed E-state index contributed by atoms with van der Waals surface area (Å²) in [6, 6.07) is 5.56. The third-order valence-electron chi connectivity index (χ3n) is 4.41. The van der Waals surface area contributed by atoms with Gasteiger partial charge in [0.25, 0.3) is 17.5 Å². The van der Waals surface area contributed by atoms with Gasteiger partial charge in [0.05, 0.1) is 11.5 Å². The van der Waals surface area contributed by atoms with Gasteiger partial charge in [-0.1, -0.05) is 0 Å². The Bertz CT molecular complexity index is 655. The van der Waals surface area contributed by atoms with Crippen molar-refractivity contribution in [3.63, 3.8) is 0 Å². The van der Waals surface area contributed by atoms with Crippen LogP contribution in [0.15, 0.2) is 24.3 Å². The predicted molar refractivity (Wildman–Crippen MR) is 95.4 cm³/mol. The fourth-order valence-corrected chi connectivity index (χ4v) is 2.97. The number of non-ortho nitro benzene ring substituents is 1. The lowest BCUT2D eigenvalue weighted by Crippen LogP contribution is -2.56. The Morgan fingerprint density at radius 2 is 1.73 bits per heavy atom. The SMILES string of the molecule is Cl.O=C(c1ccc([N+](=O)[O-])cc1)N1CCN(C(=O)C2CNCCO2)CC1. The number of hydrogen-bond acceptors (Lipinski definition) is 6. The number of nitrogens with one attached hydrogen (secondary N) is 1. The van der Waals surface area contributed by atoms with Crippen LogP contribution in [0.5, 0.6) is 0 Å². The molecule has 2 amide bonds. The van der Waals surface area contributed by atoms with Crippen molar-refractivity contribution in [2.75, 3.05) is 45.9 Å². The molecular formula is C16H21ClN4O5. The van der Waals surface area contributed by atoms with Crippen molar-refractivity contribution < 1.29 is 19.2 Å². The number of nitro groups is 1. The van der Waals surface area contributed by atoms with Crippen molar-refractivity contribution in [1.82, 2.24) is 15.1 Å². The molecule has 2 fully saturated rings. The molecule has 1 aromatic rings. The van der Waals surface area contributed by atoms with E-state index in [9.17, 15) is 19.7 Å². The Hall–Kier alpha value is -2.23. The highest BCUT2D eigenvalue weighted by Crippen LogP contribution is 2.15. The first-order chi connectivity index (χ1) is 12.1. The first kappa shape index (κ1) is 20.1. The molecule has 2 aliphatic rings. The van der Waals surface area contributed by atoms with E-state index < -0.39 is 11.0 Å². The minimum absolute atomic E-state index is 0. The number of piperazine rings is 1. The van der Waals surface area contributed by atoms with Crippen LogP contribution in [0.3, 0.4) is 0 Å². The van der Waals surface area contributed by atoms with Crippen LogP contribution in [-0.2, 0) is 9.53 Å². The molecule has 9 nitrogen and oxygen atoms in total. The molecule has 3 rings (SSSR count). The summed E-state index contributed by atoms with van der Waals surface area (Å²) in [4.78, 5) is 38.4. The minimum Gasteiger partial charge on any atom is -0.366 e. The van der Waals surface area contributed by atoms with Gasteiger partial charge in [0.1, 0.15) is 6.10 Å². The summed E-state index contributed by atoms with van der Waals surface area (Å²) in [6.45, 7) is 3.56. The Labute approximate surface area is 156 Å². The normalized spacial score (nSPS) is 20.2. The lowest BCUT2D eigenvalue weighted by molar-refractivity contribution is -0.384. The van der Waals surface area contributed by atoms with Gasteiger partial charge in [0, 0.05) is 57.0 Å².